The fraction of sp³-hybridized carbons (Fsp3) is 0.143. The number of fused-ring (bicyclic) bond motifs is 2. The molecule has 0 radical (unpaired) electrons. The quantitative estimate of drug-likeness (QED) is 0.157. The Kier molecular flexibility index (Phi) is 5.50. The fourth-order valence-electron chi connectivity index (χ4n) is 4.98. The number of anilines is 1. The molecule has 9 heteroatoms. The lowest BCUT2D eigenvalue weighted by Crippen LogP contribution is -2.29. The van der Waals surface area contributed by atoms with Gasteiger partial charge in [0.1, 0.15) is 11.3 Å². The molecule has 0 bridgehead atoms. The van der Waals surface area contributed by atoms with Crippen LogP contribution in [0.25, 0.3) is 21.6 Å². The van der Waals surface area contributed by atoms with Crippen molar-refractivity contribution in [3.63, 3.8) is 0 Å². The smallest absolute Gasteiger partial charge is 0.301 e. The van der Waals surface area contributed by atoms with Crippen molar-refractivity contribution in [1.29, 1.82) is 0 Å². The van der Waals surface area contributed by atoms with Gasteiger partial charge < -0.3 is 5.11 Å². The van der Waals surface area contributed by atoms with Crippen molar-refractivity contribution in [2.75, 3.05) is 4.90 Å². The van der Waals surface area contributed by atoms with Gasteiger partial charge in [-0.1, -0.05) is 51.5 Å². The molecular weight excluding hydrogens is 552 g/mol. The van der Waals surface area contributed by atoms with Crippen LogP contribution < -0.4 is 4.90 Å². The Balaban J connectivity index is 1.62. The molecule has 7 nitrogen and oxygen atoms in total. The summed E-state index contributed by atoms with van der Waals surface area (Å²) in [5, 5.41) is 12.1. The number of aliphatic hydroxyl groups is 1. The third kappa shape index (κ3) is 3.69. The zero-order valence-corrected chi connectivity index (χ0v) is 22.6. The number of thiazole rings is 1. The number of rotatable bonds is 3. The van der Waals surface area contributed by atoms with Gasteiger partial charge in [0.05, 0.1) is 27.5 Å². The van der Waals surface area contributed by atoms with Crippen molar-refractivity contribution >= 4 is 65.7 Å². The maximum Gasteiger partial charge on any atom is 0.301 e. The van der Waals surface area contributed by atoms with Gasteiger partial charge in [-0.15, -0.1) is 0 Å². The highest BCUT2D eigenvalue weighted by molar-refractivity contribution is 9.10. The number of carbonyl (C=O) groups excluding carboxylic acids is 2. The van der Waals surface area contributed by atoms with Crippen LogP contribution in [0, 0.1) is 20.8 Å². The summed E-state index contributed by atoms with van der Waals surface area (Å²) in [7, 11) is 0. The van der Waals surface area contributed by atoms with Gasteiger partial charge in [0.2, 0.25) is 0 Å². The molecule has 5 aromatic rings. The highest BCUT2D eigenvalue weighted by atomic mass is 79.9. The van der Waals surface area contributed by atoms with Crippen LogP contribution >= 0.6 is 27.3 Å². The Morgan fingerprint density at radius 1 is 1.03 bits per heavy atom. The fourth-order valence-corrected chi connectivity index (χ4v) is 6.41. The molecule has 2 aromatic carbocycles. The number of aromatic nitrogens is 3. The lowest BCUT2D eigenvalue weighted by Gasteiger charge is -2.23. The van der Waals surface area contributed by atoms with Crippen molar-refractivity contribution in [3.05, 3.63) is 98.9 Å². The van der Waals surface area contributed by atoms with E-state index in [-0.39, 0.29) is 11.3 Å². The summed E-state index contributed by atoms with van der Waals surface area (Å²) in [6.07, 6.45) is 1.77. The number of imidazole rings is 1. The minimum absolute atomic E-state index is 0.00762. The van der Waals surface area contributed by atoms with Gasteiger partial charge in [0.25, 0.3) is 5.78 Å². The molecule has 1 saturated heterocycles. The summed E-state index contributed by atoms with van der Waals surface area (Å²) in [5.74, 6) is -1.75. The minimum atomic E-state index is -0.858. The average molecular weight is 573 g/mol. The van der Waals surface area contributed by atoms with E-state index in [0.29, 0.717) is 27.7 Å². The largest absolute Gasteiger partial charge is 0.505 e. The molecule has 1 aliphatic rings. The predicted molar refractivity (Wildman–Crippen MR) is 148 cm³/mol. The van der Waals surface area contributed by atoms with Crippen LogP contribution in [0.15, 0.2) is 70.8 Å². The normalized spacial score (nSPS) is 17.4. The zero-order valence-electron chi connectivity index (χ0n) is 20.2. The lowest BCUT2D eigenvalue weighted by molar-refractivity contribution is -0.132. The van der Waals surface area contributed by atoms with Crippen LogP contribution in [0.3, 0.4) is 0 Å². The van der Waals surface area contributed by atoms with E-state index >= 15 is 0 Å². The van der Waals surface area contributed by atoms with Crippen molar-refractivity contribution in [1.82, 2.24) is 14.4 Å². The van der Waals surface area contributed by atoms with Crippen LogP contribution in [0.2, 0.25) is 0 Å². The van der Waals surface area contributed by atoms with E-state index in [9.17, 15) is 14.7 Å². The summed E-state index contributed by atoms with van der Waals surface area (Å²) in [6.45, 7) is 5.76. The van der Waals surface area contributed by atoms with Gasteiger partial charge in [-0.3, -0.25) is 18.9 Å². The summed E-state index contributed by atoms with van der Waals surface area (Å²) in [5.41, 5.74) is 5.14. The van der Waals surface area contributed by atoms with E-state index in [4.69, 9.17) is 4.98 Å². The maximum absolute atomic E-state index is 13.6. The Morgan fingerprint density at radius 3 is 2.54 bits per heavy atom. The van der Waals surface area contributed by atoms with Crippen molar-refractivity contribution in [2.24, 2.45) is 0 Å². The van der Waals surface area contributed by atoms with Gasteiger partial charge in [0, 0.05) is 10.7 Å². The minimum Gasteiger partial charge on any atom is -0.505 e. The lowest BCUT2D eigenvalue weighted by atomic mass is 9.96. The molecule has 4 heterocycles. The second kappa shape index (κ2) is 8.64. The van der Waals surface area contributed by atoms with Gasteiger partial charge in [-0.25, -0.2) is 9.97 Å². The average Bonchev–Trinajstić information content (AvgIpc) is 3.51. The molecule has 1 atom stereocenters. The standard InChI is InChI=1S/C28H21BrN4O3S/c1-14-12-15(2)22-19(13-14)37-28(31-22)33-24(17-7-9-18(29)10-8-17)21(26(35)27(33)36)25(34)23-16(3)30-20-6-4-5-11-32(20)23/h4-13,24,34H,1-3H3. The Hall–Kier alpha value is -3.82. The van der Waals surface area contributed by atoms with Gasteiger partial charge >= 0.3 is 5.91 Å². The third-order valence-electron chi connectivity index (χ3n) is 6.58. The molecule has 6 rings (SSSR count). The van der Waals surface area contributed by atoms with E-state index in [2.05, 4.69) is 20.9 Å². The maximum atomic E-state index is 13.6. The second-order valence-electron chi connectivity index (χ2n) is 9.12. The first-order valence-corrected chi connectivity index (χ1v) is 13.2. The summed E-state index contributed by atoms with van der Waals surface area (Å²) in [6, 6.07) is 16.1. The van der Waals surface area contributed by atoms with Crippen LogP contribution in [-0.2, 0) is 9.59 Å². The summed E-state index contributed by atoms with van der Waals surface area (Å²) < 4.78 is 3.51. The first-order chi connectivity index (χ1) is 17.7. The highest BCUT2D eigenvalue weighted by Gasteiger charge is 2.48. The molecule has 37 heavy (non-hydrogen) atoms. The monoisotopic (exact) mass is 572 g/mol. The molecular formula is C28H21BrN4O3S. The highest BCUT2D eigenvalue weighted by Crippen LogP contribution is 2.45. The first kappa shape index (κ1) is 23.6. The van der Waals surface area contributed by atoms with E-state index in [1.807, 2.05) is 68.4 Å². The number of hydrogen-bond acceptors (Lipinski definition) is 6. The molecule has 1 fully saturated rings. The number of hydrogen-bond donors (Lipinski definition) is 1. The number of halogens is 1. The van der Waals surface area contributed by atoms with E-state index in [1.165, 1.54) is 16.2 Å². The number of aliphatic hydroxyl groups excluding tert-OH is 1. The van der Waals surface area contributed by atoms with Crippen LogP contribution in [-0.4, -0.2) is 31.2 Å². The van der Waals surface area contributed by atoms with Crippen LogP contribution in [0.5, 0.6) is 0 Å². The van der Waals surface area contributed by atoms with Crippen molar-refractivity contribution in [3.8, 4) is 0 Å². The number of pyridine rings is 1. The Bertz CT molecular complexity index is 1780. The van der Waals surface area contributed by atoms with Gasteiger partial charge in [-0.05, 0) is 67.8 Å². The summed E-state index contributed by atoms with van der Waals surface area (Å²) in [4.78, 5) is 37.9. The Morgan fingerprint density at radius 2 is 1.78 bits per heavy atom. The molecule has 184 valence electrons. The van der Waals surface area contributed by atoms with E-state index in [0.717, 1.165) is 25.8 Å². The van der Waals surface area contributed by atoms with Crippen LogP contribution in [0.1, 0.15) is 34.1 Å². The Labute approximate surface area is 224 Å². The molecule has 1 amide bonds. The number of amides is 1. The third-order valence-corrected chi connectivity index (χ3v) is 8.11. The van der Waals surface area contributed by atoms with Crippen LogP contribution in [0.4, 0.5) is 5.13 Å². The van der Waals surface area contributed by atoms with Gasteiger partial charge in [-0.2, -0.15) is 0 Å². The van der Waals surface area contributed by atoms with Crippen molar-refractivity contribution < 1.29 is 14.7 Å². The number of ketones is 1. The molecule has 0 aliphatic carbocycles. The second-order valence-corrected chi connectivity index (χ2v) is 11.0. The number of Topliss-reactive ketones (excluding diaryl/α,β-unsaturated/α-hetero) is 1. The molecule has 1 N–H and O–H groups in total. The van der Waals surface area contributed by atoms with Gasteiger partial charge in [0.15, 0.2) is 10.9 Å². The molecule has 3 aromatic heterocycles. The van der Waals surface area contributed by atoms with E-state index < -0.39 is 17.7 Å². The number of benzene rings is 2. The SMILES string of the molecule is Cc1cc(C)c2nc(N3C(=O)C(=O)C(=C(O)c4c(C)nc5ccccn45)C3c3ccc(Br)cc3)sc2c1. The summed E-state index contributed by atoms with van der Waals surface area (Å²) >= 11 is 4.82. The van der Waals surface area contributed by atoms with Crippen molar-refractivity contribution in [2.45, 2.75) is 26.8 Å². The molecule has 1 aliphatic heterocycles. The number of carbonyl (C=O) groups is 2. The molecule has 0 spiro atoms. The molecule has 0 saturated carbocycles. The molecule has 1 unspecified atom stereocenters. The topological polar surface area (TPSA) is 87.8 Å². The zero-order chi connectivity index (χ0) is 26.0. The predicted octanol–water partition coefficient (Wildman–Crippen LogP) is 6.26. The number of aryl methyl sites for hydroxylation is 3. The number of nitrogens with zero attached hydrogens (tertiary/aromatic N) is 4. The van der Waals surface area contributed by atoms with E-state index in [1.54, 1.807) is 17.5 Å². The first-order valence-electron chi connectivity index (χ1n) is 11.6.